The highest BCUT2D eigenvalue weighted by Gasteiger charge is 2.06. The monoisotopic (exact) mass is 323 g/mol. The van der Waals surface area contributed by atoms with Crippen LogP contribution in [0.4, 0.5) is 0 Å². The largest absolute Gasteiger partial charge is 0.483 e. The average Bonchev–Trinajstić information content (AvgIpc) is 3.03. The number of nitrogens with one attached hydrogen (secondary N) is 1. The minimum Gasteiger partial charge on any atom is -0.483 e. The minimum atomic E-state index is -0.121. The fourth-order valence-electron chi connectivity index (χ4n) is 2.57. The van der Waals surface area contributed by atoms with Crippen molar-refractivity contribution in [2.45, 2.75) is 19.8 Å². The summed E-state index contributed by atoms with van der Waals surface area (Å²) in [5.74, 6) is 0.653. The second-order valence-corrected chi connectivity index (χ2v) is 5.55. The third-order valence-electron chi connectivity index (χ3n) is 3.83. The first-order valence-corrected chi connectivity index (χ1v) is 8.16. The van der Waals surface area contributed by atoms with Crippen LogP contribution in [-0.2, 0) is 17.6 Å². The highest BCUT2D eigenvalue weighted by Crippen LogP contribution is 2.17. The van der Waals surface area contributed by atoms with Crippen LogP contribution in [0.3, 0.4) is 0 Å². The van der Waals surface area contributed by atoms with Gasteiger partial charge in [0.05, 0.1) is 5.69 Å². The van der Waals surface area contributed by atoms with Gasteiger partial charge in [-0.15, -0.1) is 0 Å². The molecular weight excluding hydrogens is 302 g/mol. The lowest BCUT2D eigenvalue weighted by atomic mass is 10.1. The van der Waals surface area contributed by atoms with Crippen molar-refractivity contribution in [1.29, 1.82) is 0 Å². The van der Waals surface area contributed by atoms with E-state index in [-0.39, 0.29) is 12.5 Å². The van der Waals surface area contributed by atoms with Gasteiger partial charge in [-0.2, -0.15) is 0 Å². The van der Waals surface area contributed by atoms with Crippen LogP contribution in [0.15, 0.2) is 54.9 Å². The molecule has 0 radical (unpaired) electrons. The zero-order valence-corrected chi connectivity index (χ0v) is 13.7. The smallest absolute Gasteiger partial charge is 0.257 e. The summed E-state index contributed by atoms with van der Waals surface area (Å²) in [5, 5.41) is 2.87. The van der Waals surface area contributed by atoms with E-state index in [2.05, 4.69) is 17.2 Å². The Morgan fingerprint density at radius 2 is 2.04 bits per heavy atom. The van der Waals surface area contributed by atoms with Gasteiger partial charge in [-0.05, 0) is 30.2 Å². The number of fused-ring (bicyclic) bond motifs is 1. The molecule has 0 aliphatic heterocycles. The van der Waals surface area contributed by atoms with Crippen LogP contribution in [0.25, 0.3) is 5.65 Å². The van der Waals surface area contributed by atoms with Crippen molar-refractivity contribution in [2.24, 2.45) is 0 Å². The van der Waals surface area contributed by atoms with Crippen LogP contribution in [-0.4, -0.2) is 28.4 Å². The van der Waals surface area contributed by atoms with E-state index in [4.69, 9.17) is 4.74 Å². The van der Waals surface area contributed by atoms with Crippen molar-refractivity contribution >= 4 is 11.6 Å². The molecule has 5 heteroatoms. The molecule has 24 heavy (non-hydrogen) atoms. The molecule has 5 nitrogen and oxygen atoms in total. The van der Waals surface area contributed by atoms with E-state index in [1.165, 1.54) is 0 Å². The van der Waals surface area contributed by atoms with E-state index in [9.17, 15) is 4.79 Å². The van der Waals surface area contributed by atoms with Crippen LogP contribution in [0.2, 0.25) is 0 Å². The summed E-state index contributed by atoms with van der Waals surface area (Å²) in [4.78, 5) is 16.4. The molecule has 0 saturated heterocycles. The number of aryl methyl sites for hydroxylation is 1. The number of carbonyl (C=O) groups is 1. The summed E-state index contributed by atoms with van der Waals surface area (Å²) in [6.45, 7) is 2.64. The summed E-state index contributed by atoms with van der Waals surface area (Å²) in [6, 6.07) is 13.7. The molecule has 0 bridgehead atoms. The topological polar surface area (TPSA) is 55.6 Å². The Labute approximate surface area is 141 Å². The summed E-state index contributed by atoms with van der Waals surface area (Å²) in [6.07, 6.45) is 5.52. The molecular formula is C19H21N3O2. The summed E-state index contributed by atoms with van der Waals surface area (Å²) in [7, 11) is 0. The van der Waals surface area contributed by atoms with Crippen molar-refractivity contribution in [1.82, 2.24) is 14.7 Å². The van der Waals surface area contributed by atoms with Gasteiger partial charge in [0, 0.05) is 25.4 Å². The van der Waals surface area contributed by atoms with Crippen molar-refractivity contribution in [3.05, 3.63) is 66.1 Å². The van der Waals surface area contributed by atoms with Gasteiger partial charge in [0.25, 0.3) is 5.91 Å². The lowest BCUT2D eigenvalue weighted by Gasteiger charge is -2.10. The molecule has 0 atom stereocenters. The van der Waals surface area contributed by atoms with E-state index in [1.54, 1.807) is 0 Å². The number of imidazole rings is 1. The third kappa shape index (κ3) is 3.93. The Hall–Kier alpha value is -2.82. The van der Waals surface area contributed by atoms with Gasteiger partial charge in [-0.3, -0.25) is 4.79 Å². The third-order valence-corrected chi connectivity index (χ3v) is 3.83. The number of benzene rings is 1. The number of hydrogen-bond acceptors (Lipinski definition) is 3. The summed E-state index contributed by atoms with van der Waals surface area (Å²) < 4.78 is 7.58. The molecule has 0 saturated carbocycles. The predicted octanol–water partition coefficient (Wildman–Crippen LogP) is 2.63. The van der Waals surface area contributed by atoms with Crippen LogP contribution in [0, 0.1) is 0 Å². The SMILES string of the molecule is CCc1ccccc1OCC(=O)NCCc1cn2ccccc2n1. The molecule has 3 aromatic rings. The maximum Gasteiger partial charge on any atom is 0.257 e. The number of nitrogens with zero attached hydrogens (tertiary/aromatic N) is 2. The van der Waals surface area contributed by atoms with E-state index in [1.807, 2.05) is 59.3 Å². The number of hydrogen-bond donors (Lipinski definition) is 1. The zero-order chi connectivity index (χ0) is 16.8. The Bertz CT molecular complexity index is 793. The Morgan fingerprint density at radius 3 is 2.88 bits per heavy atom. The lowest BCUT2D eigenvalue weighted by molar-refractivity contribution is -0.123. The maximum atomic E-state index is 11.9. The minimum absolute atomic E-state index is 0.0299. The van der Waals surface area contributed by atoms with E-state index >= 15 is 0 Å². The van der Waals surface area contributed by atoms with Gasteiger partial charge in [0.1, 0.15) is 11.4 Å². The first kappa shape index (κ1) is 16.1. The Balaban J connectivity index is 1.45. The molecule has 0 spiro atoms. The maximum absolute atomic E-state index is 11.9. The molecule has 3 rings (SSSR count). The molecule has 1 aromatic carbocycles. The van der Waals surface area contributed by atoms with Crippen molar-refractivity contribution in [3.8, 4) is 5.75 Å². The van der Waals surface area contributed by atoms with Crippen LogP contribution in [0.1, 0.15) is 18.2 Å². The van der Waals surface area contributed by atoms with Gasteiger partial charge in [0.15, 0.2) is 6.61 Å². The van der Waals surface area contributed by atoms with Crippen molar-refractivity contribution < 1.29 is 9.53 Å². The number of rotatable bonds is 7. The van der Waals surface area contributed by atoms with Gasteiger partial charge in [0.2, 0.25) is 0 Å². The van der Waals surface area contributed by atoms with E-state index < -0.39 is 0 Å². The second-order valence-electron chi connectivity index (χ2n) is 5.55. The van der Waals surface area contributed by atoms with E-state index in [0.29, 0.717) is 13.0 Å². The number of ether oxygens (including phenoxy) is 1. The molecule has 124 valence electrons. The van der Waals surface area contributed by atoms with Crippen molar-refractivity contribution in [3.63, 3.8) is 0 Å². The van der Waals surface area contributed by atoms with Gasteiger partial charge in [-0.25, -0.2) is 4.98 Å². The normalized spacial score (nSPS) is 10.7. The fraction of sp³-hybridized carbons (Fsp3) is 0.263. The molecule has 2 heterocycles. The zero-order valence-electron chi connectivity index (χ0n) is 13.7. The molecule has 1 amide bonds. The van der Waals surface area contributed by atoms with Crippen LogP contribution < -0.4 is 10.1 Å². The average molecular weight is 323 g/mol. The Morgan fingerprint density at radius 1 is 1.21 bits per heavy atom. The van der Waals surface area contributed by atoms with E-state index in [0.717, 1.165) is 29.1 Å². The quantitative estimate of drug-likeness (QED) is 0.727. The molecule has 2 aromatic heterocycles. The standard InChI is InChI=1S/C19H21N3O2/c1-2-15-7-3-4-8-17(15)24-14-19(23)20-11-10-16-13-22-12-6-5-9-18(22)21-16/h3-9,12-13H,2,10-11,14H2,1H3,(H,20,23). The molecule has 1 N–H and O–H groups in total. The Kier molecular flexibility index (Phi) is 5.11. The molecule has 0 aliphatic rings. The predicted molar refractivity (Wildman–Crippen MR) is 93.2 cm³/mol. The number of amides is 1. The van der Waals surface area contributed by atoms with Crippen molar-refractivity contribution in [2.75, 3.05) is 13.2 Å². The number of pyridine rings is 1. The summed E-state index contributed by atoms with van der Waals surface area (Å²) >= 11 is 0. The molecule has 0 aliphatic carbocycles. The first-order chi connectivity index (χ1) is 11.8. The highest BCUT2D eigenvalue weighted by atomic mass is 16.5. The number of aromatic nitrogens is 2. The summed E-state index contributed by atoms with van der Waals surface area (Å²) in [5.41, 5.74) is 2.98. The highest BCUT2D eigenvalue weighted by molar-refractivity contribution is 5.77. The van der Waals surface area contributed by atoms with Gasteiger partial charge < -0.3 is 14.5 Å². The van der Waals surface area contributed by atoms with Crippen LogP contribution >= 0.6 is 0 Å². The number of carbonyl (C=O) groups excluding carboxylic acids is 1. The van der Waals surface area contributed by atoms with Gasteiger partial charge >= 0.3 is 0 Å². The number of para-hydroxylation sites is 1. The fourth-order valence-corrected chi connectivity index (χ4v) is 2.57. The van der Waals surface area contributed by atoms with Gasteiger partial charge in [-0.1, -0.05) is 31.2 Å². The van der Waals surface area contributed by atoms with Crippen LogP contribution in [0.5, 0.6) is 5.75 Å². The molecule has 0 fully saturated rings. The lowest BCUT2D eigenvalue weighted by Crippen LogP contribution is -2.30. The second kappa shape index (κ2) is 7.64. The molecule has 0 unspecified atom stereocenters. The first-order valence-electron chi connectivity index (χ1n) is 8.16.